The van der Waals surface area contributed by atoms with Gasteiger partial charge in [0, 0.05) is 12.1 Å². The second-order valence-corrected chi connectivity index (χ2v) is 8.98. The predicted molar refractivity (Wildman–Crippen MR) is 131 cm³/mol. The minimum Gasteiger partial charge on any atom is -0.489 e. The number of rotatable bonds is 6. The number of carbonyl (C=O) groups is 1. The van der Waals surface area contributed by atoms with Crippen LogP contribution in [0.4, 0.5) is 15.8 Å². The van der Waals surface area contributed by atoms with Gasteiger partial charge in [-0.3, -0.25) is 19.8 Å². The summed E-state index contributed by atoms with van der Waals surface area (Å²) in [7, 11) is 0. The van der Waals surface area contributed by atoms with Crippen molar-refractivity contribution in [3.63, 3.8) is 0 Å². The van der Waals surface area contributed by atoms with Crippen molar-refractivity contribution in [2.75, 3.05) is 4.90 Å². The quantitative estimate of drug-likeness (QED) is 0.169. The van der Waals surface area contributed by atoms with Crippen molar-refractivity contribution in [3.05, 3.63) is 104 Å². The lowest BCUT2D eigenvalue weighted by molar-refractivity contribution is -0.384. The number of hydrogen-bond donors (Lipinski definition) is 0. The molecule has 0 bridgehead atoms. The van der Waals surface area contributed by atoms with E-state index >= 15 is 0 Å². The smallest absolute Gasteiger partial charge is 0.270 e. The van der Waals surface area contributed by atoms with E-state index in [2.05, 4.69) is 0 Å². The van der Waals surface area contributed by atoms with Crippen LogP contribution >= 0.6 is 35.6 Å². The van der Waals surface area contributed by atoms with Crippen LogP contribution < -0.4 is 9.64 Å². The van der Waals surface area contributed by atoms with Crippen LogP contribution in [-0.2, 0) is 11.4 Å². The predicted octanol–water partition coefficient (Wildman–Crippen LogP) is 6.37. The fourth-order valence-electron chi connectivity index (χ4n) is 3.04. The lowest BCUT2D eigenvalue weighted by atomic mass is 10.2. The zero-order valence-electron chi connectivity index (χ0n) is 16.7. The molecule has 1 saturated heterocycles. The van der Waals surface area contributed by atoms with E-state index in [1.165, 1.54) is 35.2 Å². The monoisotopic (exact) mass is 500 g/mol. The Morgan fingerprint density at radius 3 is 2.61 bits per heavy atom. The summed E-state index contributed by atoms with van der Waals surface area (Å²) in [5.74, 6) is -0.334. The van der Waals surface area contributed by atoms with E-state index in [1.54, 1.807) is 36.4 Å². The van der Waals surface area contributed by atoms with Gasteiger partial charge in [-0.1, -0.05) is 47.7 Å². The van der Waals surface area contributed by atoms with Crippen LogP contribution in [0.3, 0.4) is 0 Å². The van der Waals surface area contributed by atoms with Crippen molar-refractivity contribution in [1.82, 2.24) is 0 Å². The fourth-order valence-corrected chi connectivity index (χ4v) is 4.51. The van der Waals surface area contributed by atoms with Crippen LogP contribution in [0, 0.1) is 15.9 Å². The van der Waals surface area contributed by atoms with Crippen molar-refractivity contribution < 1.29 is 18.8 Å². The number of halogens is 2. The molecule has 0 spiro atoms. The number of thiocarbonyl (C=S) groups is 1. The molecule has 3 aromatic carbocycles. The third-order valence-electron chi connectivity index (χ3n) is 4.66. The number of thioether (sulfide) groups is 1. The number of non-ortho nitro benzene ring substituents is 1. The zero-order chi connectivity index (χ0) is 23.5. The average Bonchev–Trinajstić information content (AvgIpc) is 3.07. The maximum Gasteiger partial charge on any atom is 0.270 e. The van der Waals surface area contributed by atoms with E-state index in [0.29, 0.717) is 20.7 Å². The van der Waals surface area contributed by atoms with E-state index in [1.807, 2.05) is 6.07 Å². The number of amides is 1. The minimum atomic E-state index is -0.577. The number of nitrogens with zero attached hydrogens (tertiary/aromatic N) is 2. The highest BCUT2D eigenvalue weighted by atomic mass is 35.5. The summed E-state index contributed by atoms with van der Waals surface area (Å²) in [6, 6.07) is 17.3. The molecule has 0 atom stereocenters. The van der Waals surface area contributed by atoms with Crippen LogP contribution in [0.2, 0.25) is 5.02 Å². The molecule has 10 heteroatoms. The topological polar surface area (TPSA) is 72.7 Å². The molecule has 1 heterocycles. The molecule has 3 aromatic rings. The van der Waals surface area contributed by atoms with Gasteiger partial charge in [0.05, 0.1) is 20.5 Å². The minimum absolute atomic E-state index is 0.0148. The van der Waals surface area contributed by atoms with Gasteiger partial charge in [0.25, 0.3) is 11.6 Å². The summed E-state index contributed by atoms with van der Waals surface area (Å²) < 4.78 is 19.6. The summed E-state index contributed by atoms with van der Waals surface area (Å²) in [5.41, 5.74) is 1.92. The molecule has 1 aliphatic rings. The summed E-state index contributed by atoms with van der Waals surface area (Å²) in [5, 5.41) is 10.7. The third kappa shape index (κ3) is 5.22. The molecule has 166 valence electrons. The number of anilines is 1. The fraction of sp³-hybridized carbons (Fsp3) is 0.0435. The zero-order valence-corrected chi connectivity index (χ0v) is 19.1. The molecule has 0 aliphatic carbocycles. The summed E-state index contributed by atoms with van der Waals surface area (Å²) in [4.78, 5) is 24.9. The Morgan fingerprint density at radius 1 is 1.15 bits per heavy atom. The first-order valence-electron chi connectivity index (χ1n) is 9.51. The van der Waals surface area contributed by atoms with Crippen molar-refractivity contribution in [2.24, 2.45) is 0 Å². The van der Waals surface area contributed by atoms with Gasteiger partial charge in [0.1, 0.15) is 18.2 Å². The van der Waals surface area contributed by atoms with Crippen LogP contribution in [-0.4, -0.2) is 15.2 Å². The van der Waals surface area contributed by atoms with Crippen molar-refractivity contribution in [3.8, 4) is 5.75 Å². The SMILES string of the molecule is O=C1/C(=C\c2cccc(OCc3ccc([N+](=O)[O-])cc3)c2)SC(=S)N1c1ccc(F)c(Cl)c1. The Bertz CT molecular complexity index is 1300. The third-order valence-corrected chi connectivity index (χ3v) is 6.26. The van der Waals surface area contributed by atoms with Crippen molar-refractivity contribution in [1.29, 1.82) is 0 Å². The van der Waals surface area contributed by atoms with E-state index in [-0.39, 0.29) is 23.2 Å². The summed E-state index contributed by atoms with van der Waals surface area (Å²) in [6.45, 7) is 0.231. The van der Waals surface area contributed by atoms with E-state index < -0.39 is 10.7 Å². The Balaban J connectivity index is 1.48. The van der Waals surface area contributed by atoms with E-state index in [4.69, 9.17) is 28.6 Å². The van der Waals surface area contributed by atoms with Gasteiger partial charge in [-0.05, 0) is 59.7 Å². The number of nitro groups is 1. The highest BCUT2D eigenvalue weighted by Gasteiger charge is 2.33. The molecule has 0 radical (unpaired) electrons. The number of benzene rings is 3. The molecule has 0 saturated carbocycles. The second-order valence-electron chi connectivity index (χ2n) is 6.90. The van der Waals surface area contributed by atoms with Crippen LogP contribution in [0.1, 0.15) is 11.1 Å². The average molecular weight is 501 g/mol. The molecule has 6 nitrogen and oxygen atoms in total. The van der Waals surface area contributed by atoms with E-state index in [9.17, 15) is 19.3 Å². The normalized spacial score (nSPS) is 14.7. The Labute approximate surface area is 202 Å². The summed E-state index contributed by atoms with van der Waals surface area (Å²) >= 11 is 12.3. The van der Waals surface area contributed by atoms with Gasteiger partial charge in [0.15, 0.2) is 4.32 Å². The van der Waals surface area contributed by atoms with Gasteiger partial charge >= 0.3 is 0 Å². The number of nitro benzene ring substituents is 1. The Morgan fingerprint density at radius 2 is 1.91 bits per heavy atom. The summed E-state index contributed by atoms with van der Waals surface area (Å²) in [6.07, 6.45) is 1.70. The second kappa shape index (κ2) is 9.70. The van der Waals surface area contributed by atoms with Gasteiger partial charge < -0.3 is 4.74 Å². The van der Waals surface area contributed by atoms with E-state index in [0.717, 1.165) is 22.9 Å². The highest BCUT2D eigenvalue weighted by molar-refractivity contribution is 8.27. The maximum absolute atomic E-state index is 13.5. The first-order valence-corrected chi connectivity index (χ1v) is 11.1. The van der Waals surface area contributed by atoms with Gasteiger partial charge in [0.2, 0.25) is 0 Å². The Kier molecular flexibility index (Phi) is 6.73. The first kappa shape index (κ1) is 22.9. The van der Waals surface area contributed by atoms with Crippen molar-refractivity contribution >= 4 is 63.3 Å². The molecular weight excluding hydrogens is 487 g/mol. The van der Waals surface area contributed by atoms with Crippen LogP contribution in [0.15, 0.2) is 71.6 Å². The molecule has 33 heavy (non-hydrogen) atoms. The molecular formula is C23H14ClFN2O4S2. The van der Waals surface area contributed by atoms with Crippen LogP contribution in [0.5, 0.6) is 5.75 Å². The van der Waals surface area contributed by atoms with Gasteiger partial charge in [-0.2, -0.15) is 0 Å². The maximum atomic E-state index is 13.5. The standard InChI is InChI=1S/C23H14ClFN2O4S2/c24-19-12-17(8-9-20(19)25)26-22(28)21(33-23(26)32)11-15-2-1-3-18(10-15)31-13-14-4-6-16(7-5-14)27(29)30/h1-12H,13H2/b21-11+. The Hall–Kier alpha value is -3.27. The molecule has 0 aromatic heterocycles. The molecule has 0 unspecified atom stereocenters. The largest absolute Gasteiger partial charge is 0.489 e. The van der Waals surface area contributed by atoms with Gasteiger partial charge in [-0.25, -0.2) is 4.39 Å². The lowest BCUT2D eigenvalue weighted by Crippen LogP contribution is -2.27. The molecule has 0 N–H and O–H groups in total. The molecule has 4 rings (SSSR count). The number of carbonyl (C=O) groups excluding carboxylic acids is 1. The molecule has 1 fully saturated rings. The van der Waals surface area contributed by atoms with Crippen molar-refractivity contribution in [2.45, 2.75) is 6.61 Å². The molecule has 1 aliphatic heterocycles. The van der Waals surface area contributed by atoms with Gasteiger partial charge in [-0.15, -0.1) is 0 Å². The first-order chi connectivity index (χ1) is 15.8. The number of hydrogen-bond acceptors (Lipinski definition) is 6. The molecule has 1 amide bonds. The van der Waals surface area contributed by atoms with Crippen LogP contribution in [0.25, 0.3) is 6.08 Å². The highest BCUT2D eigenvalue weighted by Crippen LogP contribution is 2.37. The number of ether oxygens (including phenoxy) is 1. The lowest BCUT2D eigenvalue weighted by Gasteiger charge is -2.14.